The molecule has 1 fully saturated rings. The molecule has 4 rings (SSSR count). The molecular weight excluding hydrogens is 348 g/mol. The summed E-state index contributed by atoms with van der Waals surface area (Å²) in [7, 11) is 0. The van der Waals surface area contributed by atoms with Crippen LogP contribution in [0.2, 0.25) is 0 Å². The van der Waals surface area contributed by atoms with E-state index in [4.69, 9.17) is 9.47 Å². The molecule has 0 saturated carbocycles. The predicted molar refractivity (Wildman–Crippen MR) is 104 cm³/mol. The lowest BCUT2D eigenvalue weighted by atomic mass is 10.1. The van der Waals surface area contributed by atoms with E-state index < -0.39 is 0 Å². The van der Waals surface area contributed by atoms with E-state index in [1.807, 2.05) is 56.3 Å². The van der Waals surface area contributed by atoms with Gasteiger partial charge in [0.15, 0.2) is 16.7 Å². The Balaban J connectivity index is 1.65. The lowest BCUT2D eigenvalue weighted by molar-refractivity contribution is -0.115. The quantitative estimate of drug-likeness (QED) is 0.817. The second kappa shape index (κ2) is 6.88. The molecule has 2 aliphatic heterocycles. The summed E-state index contributed by atoms with van der Waals surface area (Å²) in [6.07, 6.45) is 1.82. The number of aliphatic imine (C=N–C) groups is 1. The van der Waals surface area contributed by atoms with E-state index in [1.165, 1.54) is 11.8 Å². The van der Waals surface area contributed by atoms with Gasteiger partial charge in [-0.05, 0) is 48.9 Å². The number of thioether (sulfide) groups is 1. The summed E-state index contributed by atoms with van der Waals surface area (Å²) in [5.41, 5.74) is 3.87. The Labute approximate surface area is 156 Å². The maximum Gasteiger partial charge on any atom is 0.264 e. The van der Waals surface area contributed by atoms with Gasteiger partial charge in [-0.1, -0.05) is 30.3 Å². The molecule has 0 bridgehead atoms. The summed E-state index contributed by atoms with van der Waals surface area (Å²) in [5.74, 6) is 1.23. The Morgan fingerprint density at radius 2 is 1.81 bits per heavy atom. The highest BCUT2D eigenvalue weighted by atomic mass is 32.2. The second-order valence-electron chi connectivity index (χ2n) is 6.09. The predicted octanol–water partition coefficient (Wildman–Crippen LogP) is 3.97. The van der Waals surface area contributed by atoms with Gasteiger partial charge in [-0.25, -0.2) is 4.99 Å². The van der Waals surface area contributed by atoms with Crippen LogP contribution in [0, 0.1) is 13.8 Å². The van der Waals surface area contributed by atoms with E-state index in [1.54, 1.807) is 0 Å². The van der Waals surface area contributed by atoms with Crippen molar-refractivity contribution in [2.45, 2.75) is 13.8 Å². The van der Waals surface area contributed by atoms with Crippen molar-refractivity contribution < 1.29 is 14.3 Å². The summed E-state index contributed by atoms with van der Waals surface area (Å²) in [4.78, 5) is 17.6. The first-order valence-corrected chi connectivity index (χ1v) is 9.18. The molecule has 1 saturated heterocycles. The number of carbonyl (C=O) groups excluding carboxylic acids is 1. The third kappa shape index (κ3) is 3.20. The Bertz CT molecular complexity index is 930. The number of hydrogen-bond acceptors (Lipinski definition) is 5. The van der Waals surface area contributed by atoms with Crippen LogP contribution >= 0.6 is 11.8 Å². The molecule has 2 heterocycles. The minimum absolute atomic E-state index is 0.158. The molecule has 0 unspecified atom stereocenters. The highest BCUT2D eigenvalue weighted by molar-refractivity contribution is 8.18. The lowest BCUT2D eigenvalue weighted by Gasteiger charge is -2.19. The first-order valence-electron chi connectivity index (χ1n) is 8.36. The van der Waals surface area contributed by atoms with Crippen molar-refractivity contribution in [3.8, 4) is 11.5 Å². The maximum absolute atomic E-state index is 12.4. The topological polar surface area (TPSA) is 59.9 Å². The zero-order chi connectivity index (χ0) is 18.1. The van der Waals surface area contributed by atoms with E-state index in [0.717, 1.165) is 22.4 Å². The fourth-order valence-corrected chi connectivity index (χ4v) is 3.73. The second-order valence-corrected chi connectivity index (χ2v) is 7.12. The van der Waals surface area contributed by atoms with Gasteiger partial charge in [-0.15, -0.1) is 0 Å². The Morgan fingerprint density at radius 3 is 2.62 bits per heavy atom. The number of amidine groups is 1. The number of nitrogens with zero attached hydrogens (tertiary/aromatic N) is 1. The molecule has 2 aliphatic rings. The standard InChI is InChI=1S/C20H18N2O3S/c1-12-5-3-6-13(2)17(12)21-20-22-19(23)16(26-20)11-14-7-4-8-15-18(14)25-10-9-24-15/h3-8,11H,9-10H2,1-2H3,(H,21,22,23)/b16-11-. The van der Waals surface area contributed by atoms with Gasteiger partial charge in [-0.3, -0.25) is 4.79 Å². The highest BCUT2D eigenvalue weighted by Crippen LogP contribution is 2.37. The number of para-hydroxylation sites is 2. The summed E-state index contributed by atoms with van der Waals surface area (Å²) in [6.45, 7) is 5.07. The molecule has 0 aromatic heterocycles. The van der Waals surface area contributed by atoms with Gasteiger partial charge in [0.05, 0.1) is 10.6 Å². The third-order valence-corrected chi connectivity index (χ3v) is 5.10. The smallest absolute Gasteiger partial charge is 0.264 e. The lowest BCUT2D eigenvalue weighted by Crippen LogP contribution is -2.19. The Morgan fingerprint density at radius 1 is 1.08 bits per heavy atom. The zero-order valence-electron chi connectivity index (χ0n) is 14.5. The number of amides is 1. The monoisotopic (exact) mass is 366 g/mol. The van der Waals surface area contributed by atoms with Gasteiger partial charge < -0.3 is 14.8 Å². The van der Waals surface area contributed by atoms with E-state index in [2.05, 4.69) is 10.3 Å². The van der Waals surface area contributed by atoms with Gasteiger partial charge >= 0.3 is 0 Å². The first kappa shape index (κ1) is 16.7. The summed E-state index contributed by atoms with van der Waals surface area (Å²) in [6, 6.07) is 11.7. The van der Waals surface area contributed by atoms with Crippen molar-refractivity contribution in [1.29, 1.82) is 0 Å². The molecule has 2 aromatic rings. The van der Waals surface area contributed by atoms with Crippen molar-refractivity contribution in [3.05, 3.63) is 58.0 Å². The van der Waals surface area contributed by atoms with E-state index >= 15 is 0 Å². The van der Waals surface area contributed by atoms with E-state index in [0.29, 0.717) is 34.8 Å². The average Bonchev–Trinajstić information content (AvgIpc) is 2.98. The van der Waals surface area contributed by atoms with Crippen LogP contribution < -0.4 is 14.8 Å². The molecule has 5 nitrogen and oxygen atoms in total. The average molecular weight is 366 g/mol. The summed E-state index contributed by atoms with van der Waals surface area (Å²) >= 11 is 1.33. The van der Waals surface area contributed by atoms with Crippen LogP contribution in [0.15, 0.2) is 46.3 Å². The molecule has 132 valence electrons. The fraction of sp³-hybridized carbons (Fsp3) is 0.200. The Kier molecular flexibility index (Phi) is 4.42. The van der Waals surface area contributed by atoms with E-state index in [-0.39, 0.29) is 5.91 Å². The van der Waals surface area contributed by atoms with Crippen LogP contribution in [0.4, 0.5) is 5.69 Å². The normalized spacial score (nSPS) is 19.1. The number of benzene rings is 2. The third-order valence-electron chi connectivity index (χ3n) is 4.19. The van der Waals surface area contributed by atoms with Crippen molar-refractivity contribution in [2.75, 3.05) is 13.2 Å². The number of nitrogens with one attached hydrogen (secondary N) is 1. The fourth-order valence-electron chi connectivity index (χ4n) is 2.92. The number of rotatable bonds is 2. The van der Waals surface area contributed by atoms with Gasteiger partial charge in [0.2, 0.25) is 0 Å². The van der Waals surface area contributed by atoms with Crippen LogP contribution in [-0.4, -0.2) is 24.3 Å². The van der Waals surface area contributed by atoms with Crippen LogP contribution in [0.3, 0.4) is 0 Å². The van der Waals surface area contributed by atoms with Gasteiger partial charge in [0.1, 0.15) is 13.2 Å². The summed E-state index contributed by atoms with van der Waals surface area (Å²) in [5, 5.41) is 3.42. The van der Waals surface area contributed by atoms with Crippen LogP contribution in [0.5, 0.6) is 11.5 Å². The molecule has 26 heavy (non-hydrogen) atoms. The largest absolute Gasteiger partial charge is 0.486 e. The first-order chi connectivity index (χ1) is 12.6. The number of hydrogen-bond donors (Lipinski definition) is 1. The van der Waals surface area contributed by atoms with Crippen molar-refractivity contribution in [3.63, 3.8) is 0 Å². The summed E-state index contributed by atoms with van der Waals surface area (Å²) < 4.78 is 11.3. The maximum atomic E-state index is 12.4. The molecule has 0 radical (unpaired) electrons. The molecule has 6 heteroatoms. The number of carbonyl (C=O) groups is 1. The van der Waals surface area contributed by atoms with Gasteiger partial charge in [-0.2, -0.15) is 0 Å². The minimum Gasteiger partial charge on any atom is -0.486 e. The number of fused-ring (bicyclic) bond motifs is 1. The number of aryl methyl sites for hydroxylation is 2. The SMILES string of the molecule is Cc1cccc(C)c1N=C1NC(=O)/C(=C/c2cccc3c2OCCO3)S1. The molecule has 2 aromatic carbocycles. The zero-order valence-corrected chi connectivity index (χ0v) is 15.4. The molecular formula is C20H18N2O3S. The van der Waals surface area contributed by atoms with Crippen LogP contribution in [-0.2, 0) is 4.79 Å². The Hall–Kier alpha value is -2.73. The minimum atomic E-state index is -0.158. The van der Waals surface area contributed by atoms with Crippen LogP contribution in [0.25, 0.3) is 6.08 Å². The van der Waals surface area contributed by atoms with Crippen molar-refractivity contribution in [2.24, 2.45) is 4.99 Å². The molecule has 0 spiro atoms. The van der Waals surface area contributed by atoms with Crippen molar-refractivity contribution in [1.82, 2.24) is 5.32 Å². The number of ether oxygens (including phenoxy) is 2. The molecule has 1 amide bonds. The van der Waals surface area contributed by atoms with Gasteiger partial charge in [0.25, 0.3) is 5.91 Å². The van der Waals surface area contributed by atoms with E-state index in [9.17, 15) is 4.79 Å². The molecule has 1 N–H and O–H groups in total. The molecule has 0 atom stereocenters. The van der Waals surface area contributed by atoms with Crippen LogP contribution in [0.1, 0.15) is 16.7 Å². The molecule has 0 aliphatic carbocycles. The van der Waals surface area contributed by atoms with Crippen molar-refractivity contribution >= 4 is 34.6 Å². The van der Waals surface area contributed by atoms with Gasteiger partial charge in [0, 0.05) is 5.56 Å². The highest BCUT2D eigenvalue weighted by Gasteiger charge is 2.25.